The smallest absolute Gasteiger partial charge is 0.288 e. The minimum Gasteiger partial charge on any atom is -0.459 e. The van der Waals surface area contributed by atoms with Crippen LogP contribution >= 0.6 is 0 Å². The van der Waals surface area contributed by atoms with Crippen LogP contribution in [0.15, 0.2) is 4.99 Å². The second kappa shape index (κ2) is 4.12. The molecule has 1 saturated heterocycles. The van der Waals surface area contributed by atoms with Crippen molar-refractivity contribution in [3.05, 3.63) is 0 Å². The van der Waals surface area contributed by atoms with Gasteiger partial charge in [-0.25, -0.2) is 4.99 Å². The lowest BCUT2D eigenvalue weighted by atomic mass is 10.1. The fourth-order valence-electron chi connectivity index (χ4n) is 2.96. The second-order valence-electron chi connectivity index (χ2n) is 5.01. The first-order valence-corrected chi connectivity index (χ1v) is 6.19. The maximum atomic E-state index is 9.86. The average Bonchev–Trinajstić information content (AvgIpc) is 2.99. The zero-order valence-electron chi connectivity index (χ0n) is 9.57. The van der Waals surface area contributed by atoms with E-state index in [0.717, 1.165) is 25.9 Å². The molecule has 0 amide bonds. The Hall–Kier alpha value is -0.850. The first kappa shape index (κ1) is 11.3. The predicted octanol–water partition coefficient (Wildman–Crippen LogP) is -1.45. The number of fused-ring (bicyclic) bond motifs is 1. The number of hydrogen-bond donors (Lipinski definition) is 3. The highest BCUT2D eigenvalue weighted by molar-refractivity contribution is 5.76. The highest BCUT2D eigenvalue weighted by Gasteiger charge is 2.54. The molecular weight excluding hydrogens is 224 g/mol. The Morgan fingerprint density at radius 3 is 2.59 bits per heavy atom. The van der Waals surface area contributed by atoms with Crippen LogP contribution in [0.4, 0.5) is 0 Å². The SMILES string of the molecule is OCC1C(O)C(O)C2N=C(N3CCCC3)OC12. The van der Waals surface area contributed by atoms with E-state index in [4.69, 9.17) is 4.74 Å². The van der Waals surface area contributed by atoms with Crippen molar-refractivity contribution in [2.24, 2.45) is 10.9 Å². The summed E-state index contributed by atoms with van der Waals surface area (Å²) in [6.07, 6.45) is -0.00438. The molecule has 1 aliphatic carbocycles. The number of amidine groups is 1. The van der Waals surface area contributed by atoms with E-state index >= 15 is 0 Å². The minimum atomic E-state index is -0.945. The molecule has 6 nitrogen and oxygen atoms in total. The number of hydrogen-bond acceptors (Lipinski definition) is 6. The summed E-state index contributed by atoms with van der Waals surface area (Å²) in [6, 6.07) is 0.139. The van der Waals surface area contributed by atoms with Crippen molar-refractivity contribution < 1.29 is 20.1 Å². The number of aliphatic hydroxyl groups is 3. The Morgan fingerprint density at radius 1 is 1.24 bits per heavy atom. The van der Waals surface area contributed by atoms with Crippen LogP contribution in [0.3, 0.4) is 0 Å². The Balaban J connectivity index is 1.77. The van der Waals surface area contributed by atoms with Crippen LogP contribution in [0.5, 0.6) is 0 Å². The molecule has 3 N–H and O–H groups in total. The van der Waals surface area contributed by atoms with Crippen molar-refractivity contribution in [1.29, 1.82) is 0 Å². The van der Waals surface area contributed by atoms with Crippen LogP contribution < -0.4 is 0 Å². The minimum absolute atomic E-state index is 0.192. The molecule has 2 aliphatic heterocycles. The molecular formula is C11H18N2O4. The Bertz CT molecular complexity index is 329. The summed E-state index contributed by atoms with van der Waals surface area (Å²) in [4.78, 5) is 6.42. The van der Waals surface area contributed by atoms with Crippen molar-refractivity contribution >= 4 is 6.02 Å². The zero-order chi connectivity index (χ0) is 12.0. The number of likely N-dealkylation sites (tertiary alicyclic amines) is 1. The van der Waals surface area contributed by atoms with Crippen LogP contribution in [0.1, 0.15) is 12.8 Å². The number of aliphatic imine (C=N–C) groups is 1. The van der Waals surface area contributed by atoms with Crippen molar-refractivity contribution in [2.75, 3.05) is 19.7 Å². The molecule has 1 saturated carbocycles. The fraction of sp³-hybridized carbons (Fsp3) is 0.909. The molecule has 5 unspecified atom stereocenters. The largest absolute Gasteiger partial charge is 0.459 e. The van der Waals surface area contributed by atoms with Gasteiger partial charge in [0.2, 0.25) is 0 Å². The number of aliphatic hydroxyl groups excluding tert-OH is 3. The Labute approximate surface area is 99.5 Å². The Kier molecular flexibility index (Phi) is 2.72. The molecule has 0 spiro atoms. The van der Waals surface area contributed by atoms with Gasteiger partial charge in [0.25, 0.3) is 6.02 Å². The predicted molar refractivity (Wildman–Crippen MR) is 59.5 cm³/mol. The van der Waals surface area contributed by atoms with E-state index in [9.17, 15) is 15.3 Å². The van der Waals surface area contributed by atoms with Crippen molar-refractivity contribution in [3.8, 4) is 0 Å². The molecule has 6 heteroatoms. The van der Waals surface area contributed by atoms with E-state index in [0.29, 0.717) is 6.02 Å². The van der Waals surface area contributed by atoms with Gasteiger partial charge in [0.1, 0.15) is 18.2 Å². The van der Waals surface area contributed by atoms with E-state index in [1.807, 2.05) is 0 Å². The number of nitrogens with zero attached hydrogens (tertiary/aromatic N) is 2. The van der Waals surface area contributed by atoms with Gasteiger partial charge in [-0.15, -0.1) is 0 Å². The summed E-state index contributed by atoms with van der Waals surface area (Å²) in [7, 11) is 0. The van der Waals surface area contributed by atoms with Crippen LogP contribution in [0.2, 0.25) is 0 Å². The molecule has 0 bridgehead atoms. The molecule has 0 radical (unpaired) electrons. The van der Waals surface area contributed by atoms with E-state index in [2.05, 4.69) is 9.89 Å². The normalized spacial score (nSPS) is 44.8. The van der Waals surface area contributed by atoms with Gasteiger partial charge in [0, 0.05) is 13.1 Å². The molecule has 2 heterocycles. The van der Waals surface area contributed by atoms with Crippen LogP contribution in [0, 0.1) is 5.92 Å². The summed E-state index contributed by atoms with van der Waals surface area (Å²) in [5.41, 5.74) is 0. The molecule has 0 aromatic carbocycles. The third-order valence-electron chi connectivity index (χ3n) is 3.99. The van der Waals surface area contributed by atoms with Gasteiger partial charge in [-0.2, -0.15) is 0 Å². The van der Waals surface area contributed by atoms with E-state index in [-0.39, 0.29) is 12.7 Å². The van der Waals surface area contributed by atoms with E-state index < -0.39 is 24.2 Å². The first-order chi connectivity index (χ1) is 8.22. The topological polar surface area (TPSA) is 85.5 Å². The van der Waals surface area contributed by atoms with Crippen LogP contribution in [-0.4, -0.2) is 70.3 Å². The summed E-state index contributed by atoms with van der Waals surface area (Å²) < 4.78 is 5.71. The summed E-state index contributed by atoms with van der Waals surface area (Å²) >= 11 is 0. The van der Waals surface area contributed by atoms with Gasteiger partial charge < -0.3 is 25.0 Å². The number of rotatable bonds is 1. The van der Waals surface area contributed by atoms with Gasteiger partial charge in [0.05, 0.1) is 18.6 Å². The second-order valence-corrected chi connectivity index (χ2v) is 5.01. The third kappa shape index (κ3) is 1.63. The molecule has 0 aromatic heterocycles. The standard InChI is InChI=1S/C11H18N2O4/c14-5-6-8(15)9(16)7-10(6)17-11(12-7)13-3-1-2-4-13/h6-10,14-16H,1-5H2. The summed E-state index contributed by atoms with van der Waals surface area (Å²) in [6.45, 7) is 1.67. The van der Waals surface area contributed by atoms with Crippen LogP contribution in [0.25, 0.3) is 0 Å². The quantitative estimate of drug-likeness (QED) is 0.524. The van der Waals surface area contributed by atoms with Gasteiger partial charge >= 0.3 is 0 Å². The molecule has 96 valence electrons. The third-order valence-corrected chi connectivity index (χ3v) is 3.99. The molecule has 5 atom stereocenters. The average molecular weight is 242 g/mol. The fourth-order valence-corrected chi connectivity index (χ4v) is 2.96. The van der Waals surface area contributed by atoms with Gasteiger partial charge in [0.15, 0.2) is 0 Å². The highest BCUT2D eigenvalue weighted by atomic mass is 16.5. The summed E-state index contributed by atoms with van der Waals surface area (Å²) in [5.74, 6) is -0.446. The lowest BCUT2D eigenvalue weighted by Gasteiger charge is -2.22. The molecule has 3 rings (SSSR count). The lowest BCUT2D eigenvalue weighted by molar-refractivity contribution is -0.00836. The Morgan fingerprint density at radius 2 is 1.94 bits per heavy atom. The monoisotopic (exact) mass is 242 g/mol. The lowest BCUT2D eigenvalue weighted by Crippen LogP contribution is -2.35. The maximum absolute atomic E-state index is 9.86. The van der Waals surface area contributed by atoms with Crippen molar-refractivity contribution in [3.63, 3.8) is 0 Å². The summed E-state index contributed by atoms with van der Waals surface area (Å²) in [5, 5.41) is 28.8. The molecule has 3 aliphatic rings. The molecule has 17 heavy (non-hydrogen) atoms. The highest BCUT2D eigenvalue weighted by Crippen LogP contribution is 2.36. The van der Waals surface area contributed by atoms with Gasteiger partial charge in [-0.05, 0) is 12.8 Å². The maximum Gasteiger partial charge on any atom is 0.288 e. The van der Waals surface area contributed by atoms with Gasteiger partial charge in [-0.3, -0.25) is 0 Å². The molecule has 2 fully saturated rings. The zero-order valence-corrected chi connectivity index (χ0v) is 9.57. The number of ether oxygens (including phenoxy) is 1. The molecule has 0 aromatic rings. The van der Waals surface area contributed by atoms with Crippen molar-refractivity contribution in [2.45, 2.75) is 37.2 Å². The van der Waals surface area contributed by atoms with Gasteiger partial charge in [-0.1, -0.05) is 0 Å². The van der Waals surface area contributed by atoms with E-state index in [1.165, 1.54) is 0 Å². The van der Waals surface area contributed by atoms with E-state index in [1.54, 1.807) is 0 Å². The van der Waals surface area contributed by atoms with Crippen molar-refractivity contribution in [1.82, 2.24) is 4.90 Å². The first-order valence-electron chi connectivity index (χ1n) is 6.19. The van der Waals surface area contributed by atoms with Crippen LogP contribution in [-0.2, 0) is 4.74 Å².